The molecule has 27 heavy (non-hydrogen) atoms. The fourth-order valence-corrected chi connectivity index (χ4v) is 5.41. The van der Waals surface area contributed by atoms with E-state index in [4.69, 9.17) is 0 Å². The largest absolute Gasteiger partial charge is 0.336 e. The first-order valence-corrected chi connectivity index (χ1v) is 10.8. The van der Waals surface area contributed by atoms with Crippen LogP contribution in [0.15, 0.2) is 0 Å². The van der Waals surface area contributed by atoms with Gasteiger partial charge in [0, 0.05) is 37.3 Å². The number of aromatic amines is 1. The highest BCUT2D eigenvalue weighted by Crippen LogP contribution is 2.44. The number of fused-ring (bicyclic) bond motifs is 1. The van der Waals surface area contributed by atoms with E-state index in [-0.39, 0.29) is 6.04 Å². The SMILES string of the molecule is CCCN1CC2(CCN(C)CC2)C[C@H]1C(=O)N1CCc2[nH]nc(CC)c2C1. The van der Waals surface area contributed by atoms with Gasteiger partial charge < -0.3 is 9.80 Å². The van der Waals surface area contributed by atoms with Gasteiger partial charge in [-0.3, -0.25) is 14.8 Å². The van der Waals surface area contributed by atoms with Gasteiger partial charge in [-0.25, -0.2) is 0 Å². The van der Waals surface area contributed by atoms with Crippen molar-refractivity contribution in [2.45, 2.75) is 65.0 Å². The van der Waals surface area contributed by atoms with Crippen LogP contribution in [0.4, 0.5) is 0 Å². The predicted molar refractivity (Wildman–Crippen MR) is 107 cm³/mol. The minimum Gasteiger partial charge on any atom is -0.336 e. The van der Waals surface area contributed by atoms with Crippen LogP contribution < -0.4 is 0 Å². The molecule has 2 fully saturated rings. The molecule has 3 aliphatic heterocycles. The molecule has 1 aromatic rings. The van der Waals surface area contributed by atoms with E-state index in [1.807, 2.05) is 0 Å². The highest BCUT2D eigenvalue weighted by atomic mass is 16.2. The molecular weight excluding hydrogens is 338 g/mol. The maximum atomic E-state index is 13.6. The van der Waals surface area contributed by atoms with E-state index >= 15 is 0 Å². The lowest BCUT2D eigenvalue weighted by Crippen LogP contribution is -2.47. The van der Waals surface area contributed by atoms with E-state index in [2.05, 4.69) is 45.8 Å². The zero-order valence-corrected chi connectivity index (χ0v) is 17.3. The summed E-state index contributed by atoms with van der Waals surface area (Å²) in [4.78, 5) is 20.6. The number of aryl methyl sites for hydroxylation is 1. The summed E-state index contributed by atoms with van der Waals surface area (Å²) in [5.74, 6) is 0.355. The standard InChI is InChI=1S/C21H35N5O/c1-4-9-26-15-21(7-11-24(3)12-8-21)13-19(26)20(27)25-10-6-18-16(14-25)17(5-2)22-23-18/h19H,4-15H2,1-3H3,(H,22,23)/t19-/m0/s1. The topological polar surface area (TPSA) is 55.5 Å². The molecule has 3 aliphatic rings. The third-order valence-corrected chi connectivity index (χ3v) is 7.11. The second-order valence-electron chi connectivity index (χ2n) is 8.98. The van der Waals surface area contributed by atoms with E-state index in [0.717, 1.165) is 57.6 Å². The van der Waals surface area contributed by atoms with Crippen LogP contribution in [-0.4, -0.2) is 76.6 Å². The predicted octanol–water partition coefficient (Wildman–Crippen LogP) is 2.05. The average Bonchev–Trinajstić information content (AvgIpc) is 3.25. The molecule has 150 valence electrons. The summed E-state index contributed by atoms with van der Waals surface area (Å²) in [5.41, 5.74) is 3.99. The summed E-state index contributed by atoms with van der Waals surface area (Å²) >= 11 is 0. The van der Waals surface area contributed by atoms with E-state index in [1.54, 1.807) is 0 Å². The molecule has 0 aromatic carbocycles. The molecule has 1 aromatic heterocycles. The van der Waals surface area contributed by atoms with Crippen LogP contribution in [0.5, 0.6) is 0 Å². The van der Waals surface area contributed by atoms with Gasteiger partial charge in [-0.1, -0.05) is 13.8 Å². The molecule has 1 spiro atoms. The number of nitrogens with one attached hydrogen (secondary N) is 1. The van der Waals surface area contributed by atoms with Crippen LogP contribution in [0.1, 0.15) is 56.5 Å². The van der Waals surface area contributed by atoms with Crippen molar-refractivity contribution in [1.29, 1.82) is 0 Å². The molecule has 0 aliphatic carbocycles. The minimum atomic E-state index is 0.0758. The molecule has 6 heteroatoms. The Kier molecular flexibility index (Phi) is 5.30. The average molecular weight is 374 g/mol. The lowest BCUT2D eigenvalue weighted by Gasteiger charge is -2.37. The number of hydrogen-bond donors (Lipinski definition) is 1. The van der Waals surface area contributed by atoms with Gasteiger partial charge in [0.05, 0.1) is 11.7 Å². The third kappa shape index (κ3) is 3.54. The summed E-state index contributed by atoms with van der Waals surface area (Å²) in [7, 11) is 2.22. The van der Waals surface area contributed by atoms with E-state index in [9.17, 15) is 4.79 Å². The van der Waals surface area contributed by atoms with Gasteiger partial charge in [-0.05, 0) is 64.2 Å². The normalized spacial score (nSPS) is 25.9. The molecule has 0 radical (unpaired) electrons. The van der Waals surface area contributed by atoms with Crippen molar-refractivity contribution in [3.8, 4) is 0 Å². The van der Waals surface area contributed by atoms with Crippen LogP contribution >= 0.6 is 0 Å². The maximum absolute atomic E-state index is 13.6. The van der Waals surface area contributed by atoms with Crippen LogP contribution in [0.3, 0.4) is 0 Å². The molecule has 4 rings (SSSR count). The number of nitrogens with zero attached hydrogens (tertiary/aromatic N) is 4. The molecular formula is C21H35N5O. The van der Waals surface area contributed by atoms with Crippen molar-refractivity contribution in [2.75, 3.05) is 39.8 Å². The number of piperidine rings is 1. The summed E-state index contributed by atoms with van der Waals surface area (Å²) in [6.45, 7) is 10.4. The number of rotatable bonds is 4. The fourth-order valence-electron chi connectivity index (χ4n) is 5.41. The number of H-pyrrole nitrogens is 1. The third-order valence-electron chi connectivity index (χ3n) is 7.11. The molecule has 1 N–H and O–H groups in total. The number of aromatic nitrogens is 2. The van der Waals surface area contributed by atoms with Gasteiger partial charge in [0.1, 0.15) is 0 Å². The lowest BCUT2D eigenvalue weighted by molar-refractivity contribution is -0.137. The molecule has 0 unspecified atom stereocenters. The fraction of sp³-hybridized carbons (Fsp3) is 0.810. The molecule has 1 amide bonds. The highest BCUT2D eigenvalue weighted by molar-refractivity contribution is 5.82. The van der Waals surface area contributed by atoms with Crippen molar-refractivity contribution in [3.63, 3.8) is 0 Å². The van der Waals surface area contributed by atoms with Crippen LogP contribution in [0.25, 0.3) is 0 Å². The Bertz CT molecular complexity index is 663. The smallest absolute Gasteiger partial charge is 0.240 e. The minimum absolute atomic E-state index is 0.0758. The summed E-state index contributed by atoms with van der Waals surface area (Å²) in [6, 6.07) is 0.0758. The number of carbonyl (C=O) groups is 1. The van der Waals surface area contributed by atoms with Crippen LogP contribution in [-0.2, 0) is 24.2 Å². The Morgan fingerprint density at radius 1 is 1.26 bits per heavy atom. The highest BCUT2D eigenvalue weighted by Gasteiger charge is 2.48. The zero-order chi connectivity index (χ0) is 19.0. The van der Waals surface area contributed by atoms with E-state index < -0.39 is 0 Å². The van der Waals surface area contributed by atoms with Gasteiger partial charge in [-0.2, -0.15) is 5.10 Å². The maximum Gasteiger partial charge on any atom is 0.240 e. The Morgan fingerprint density at radius 2 is 2.04 bits per heavy atom. The van der Waals surface area contributed by atoms with Crippen molar-refractivity contribution < 1.29 is 4.79 Å². The van der Waals surface area contributed by atoms with E-state index in [0.29, 0.717) is 11.3 Å². The lowest BCUT2D eigenvalue weighted by atomic mass is 9.76. The zero-order valence-electron chi connectivity index (χ0n) is 17.3. The van der Waals surface area contributed by atoms with E-state index in [1.165, 1.54) is 37.2 Å². The summed E-state index contributed by atoms with van der Waals surface area (Å²) in [6.07, 6.45) is 6.47. The first kappa shape index (κ1) is 18.9. The van der Waals surface area contributed by atoms with Crippen LogP contribution in [0, 0.1) is 5.41 Å². The molecule has 6 nitrogen and oxygen atoms in total. The Balaban J connectivity index is 1.50. The number of amides is 1. The van der Waals surface area contributed by atoms with Gasteiger partial charge in [0.2, 0.25) is 5.91 Å². The molecule has 2 saturated heterocycles. The summed E-state index contributed by atoms with van der Waals surface area (Å²) < 4.78 is 0. The van der Waals surface area contributed by atoms with Crippen LogP contribution in [0.2, 0.25) is 0 Å². The first-order chi connectivity index (χ1) is 13.0. The summed E-state index contributed by atoms with van der Waals surface area (Å²) in [5, 5.41) is 7.63. The first-order valence-electron chi connectivity index (χ1n) is 10.8. The molecule has 1 atom stereocenters. The molecule has 0 saturated carbocycles. The monoisotopic (exact) mass is 373 g/mol. The quantitative estimate of drug-likeness (QED) is 0.878. The second-order valence-corrected chi connectivity index (χ2v) is 8.98. The van der Waals surface area contributed by atoms with Crippen molar-refractivity contribution in [1.82, 2.24) is 24.9 Å². The number of carbonyl (C=O) groups excluding carboxylic acids is 1. The molecule has 4 heterocycles. The van der Waals surface area contributed by atoms with Gasteiger partial charge in [0.15, 0.2) is 0 Å². The second kappa shape index (κ2) is 7.55. The Hall–Kier alpha value is -1.40. The van der Waals surface area contributed by atoms with Crippen molar-refractivity contribution in [2.24, 2.45) is 5.41 Å². The van der Waals surface area contributed by atoms with Crippen molar-refractivity contribution in [3.05, 3.63) is 17.0 Å². The number of hydrogen-bond acceptors (Lipinski definition) is 4. The van der Waals surface area contributed by atoms with Gasteiger partial charge >= 0.3 is 0 Å². The van der Waals surface area contributed by atoms with Gasteiger partial charge in [-0.15, -0.1) is 0 Å². The van der Waals surface area contributed by atoms with Crippen molar-refractivity contribution >= 4 is 5.91 Å². The number of likely N-dealkylation sites (tertiary alicyclic amines) is 2. The Morgan fingerprint density at radius 3 is 2.74 bits per heavy atom. The Labute approximate surface area is 163 Å². The molecule has 0 bridgehead atoms. The van der Waals surface area contributed by atoms with Gasteiger partial charge in [0.25, 0.3) is 0 Å².